The minimum atomic E-state index is -0.555. The van der Waals surface area contributed by atoms with Gasteiger partial charge in [-0.15, -0.1) is 11.3 Å². The van der Waals surface area contributed by atoms with Gasteiger partial charge < -0.3 is 9.84 Å². The topological polar surface area (TPSA) is 59.4 Å². The number of nitrogens with zero attached hydrogens (tertiary/aromatic N) is 1. The van der Waals surface area contributed by atoms with Crippen LogP contribution in [0.1, 0.15) is 40.5 Å². The van der Waals surface area contributed by atoms with Crippen molar-refractivity contribution in [2.75, 3.05) is 7.11 Å². The van der Waals surface area contributed by atoms with Gasteiger partial charge in [-0.2, -0.15) is 0 Å². The van der Waals surface area contributed by atoms with Crippen LogP contribution in [0.2, 0.25) is 0 Å². The third kappa shape index (κ3) is 1.89. The Morgan fingerprint density at radius 1 is 1.73 bits per heavy atom. The van der Waals surface area contributed by atoms with E-state index in [2.05, 4.69) is 9.72 Å². The summed E-state index contributed by atoms with van der Waals surface area (Å²) in [5.41, 5.74) is -0.0365. The molecule has 1 aliphatic carbocycles. The Balaban J connectivity index is 2.16. The molecule has 82 valence electrons. The molecule has 0 aliphatic heterocycles. The SMILES string of the molecule is COC(=O)c1cnc(C(O)C2(C)CC2)s1. The summed E-state index contributed by atoms with van der Waals surface area (Å²) >= 11 is 1.20. The van der Waals surface area contributed by atoms with Crippen molar-refractivity contribution in [3.05, 3.63) is 16.1 Å². The van der Waals surface area contributed by atoms with Gasteiger partial charge in [0.25, 0.3) is 0 Å². The highest BCUT2D eigenvalue weighted by Crippen LogP contribution is 2.54. The average molecular weight is 227 g/mol. The molecule has 1 aromatic heterocycles. The molecule has 0 amide bonds. The van der Waals surface area contributed by atoms with Crippen molar-refractivity contribution in [3.63, 3.8) is 0 Å². The lowest BCUT2D eigenvalue weighted by atomic mass is 10.0. The Bertz CT molecular complexity index is 384. The van der Waals surface area contributed by atoms with E-state index in [9.17, 15) is 9.90 Å². The molecule has 5 heteroatoms. The molecule has 0 saturated heterocycles. The number of carbonyl (C=O) groups excluding carboxylic acids is 1. The van der Waals surface area contributed by atoms with Gasteiger partial charge in [-0.05, 0) is 12.8 Å². The zero-order valence-corrected chi connectivity index (χ0v) is 9.50. The molecule has 1 aliphatic rings. The monoisotopic (exact) mass is 227 g/mol. The fourth-order valence-electron chi connectivity index (χ4n) is 1.38. The van der Waals surface area contributed by atoms with E-state index in [0.717, 1.165) is 12.8 Å². The van der Waals surface area contributed by atoms with Crippen LogP contribution in [0.4, 0.5) is 0 Å². The molecular weight excluding hydrogens is 214 g/mol. The number of esters is 1. The van der Waals surface area contributed by atoms with Gasteiger partial charge in [0.05, 0.1) is 13.3 Å². The van der Waals surface area contributed by atoms with Gasteiger partial charge in [-0.25, -0.2) is 9.78 Å². The highest BCUT2D eigenvalue weighted by Gasteiger charge is 2.46. The maximum Gasteiger partial charge on any atom is 0.349 e. The van der Waals surface area contributed by atoms with E-state index in [1.54, 1.807) is 0 Å². The number of methoxy groups -OCH3 is 1. The number of aromatic nitrogens is 1. The number of ether oxygens (including phenoxy) is 1. The van der Waals surface area contributed by atoms with Crippen molar-refractivity contribution in [2.45, 2.75) is 25.9 Å². The highest BCUT2D eigenvalue weighted by molar-refractivity contribution is 7.13. The van der Waals surface area contributed by atoms with Crippen molar-refractivity contribution < 1.29 is 14.6 Å². The summed E-state index contributed by atoms with van der Waals surface area (Å²) in [6, 6.07) is 0. The third-order valence-corrected chi connectivity index (χ3v) is 3.87. The van der Waals surface area contributed by atoms with Crippen LogP contribution in [0.25, 0.3) is 0 Å². The maximum absolute atomic E-state index is 11.2. The van der Waals surface area contributed by atoms with Crippen LogP contribution >= 0.6 is 11.3 Å². The van der Waals surface area contributed by atoms with Gasteiger partial charge in [-0.3, -0.25) is 0 Å². The Kier molecular flexibility index (Phi) is 2.52. The van der Waals surface area contributed by atoms with Gasteiger partial charge in [0.1, 0.15) is 16.0 Å². The highest BCUT2D eigenvalue weighted by atomic mass is 32.1. The molecule has 1 saturated carbocycles. The average Bonchev–Trinajstić information content (AvgIpc) is 2.83. The van der Waals surface area contributed by atoms with E-state index in [1.807, 2.05) is 6.92 Å². The lowest BCUT2D eigenvalue weighted by Gasteiger charge is -2.13. The lowest BCUT2D eigenvalue weighted by molar-refractivity contribution is 0.0606. The van der Waals surface area contributed by atoms with Crippen molar-refractivity contribution in [1.82, 2.24) is 4.98 Å². The van der Waals surface area contributed by atoms with Crippen LogP contribution in [-0.2, 0) is 4.74 Å². The number of hydrogen-bond donors (Lipinski definition) is 1. The van der Waals surface area contributed by atoms with E-state index in [0.29, 0.717) is 9.88 Å². The molecule has 1 fully saturated rings. The van der Waals surface area contributed by atoms with Crippen molar-refractivity contribution in [3.8, 4) is 0 Å². The molecule has 2 rings (SSSR count). The first-order valence-corrected chi connectivity index (χ1v) is 5.60. The van der Waals surface area contributed by atoms with E-state index in [1.165, 1.54) is 24.6 Å². The molecule has 0 radical (unpaired) electrons. The number of aliphatic hydroxyl groups excluding tert-OH is 1. The van der Waals surface area contributed by atoms with E-state index in [4.69, 9.17) is 0 Å². The van der Waals surface area contributed by atoms with Gasteiger partial charge in [-0.1, -0.05) is 6.92 Å². The summed E-state index contributed by atoms with van der Waals surface area (Å²) in [5, 5.41) is 10.6. The van der Waals surface area contributed by atoms with E-state index in [-0.39, 0.29) is 5.41 Å². The first kappa shape index (κ1) is 10.6. The minimum absolute atomic E-state index is 0.0365. The van der Waals surface area contributed by atoms with Gasteiger partial charge in [0.15, 0.2) is 0 Å². The van der Waals surface area contributed by atoms with Crippen LogP contribution in [0.15, 0.2) is 6.20 Å². The second kappa shape index (κ2) is 3.57. The number of rotatable bonds is 3. The van der Waals surface area contributed by atoms with Crippen molar-refractivity contribution in [1.29, 1.82) is 0 Å². The van der Waals surface area contributed by atoms with Crippen molar-refractivity contribution >= 4 is 17.3 Å². The van der Waals surface area contributed by atoms with Gasteiger partial charge >= 0.3 is 5.97 Å². The standard InChI is InChI=1S/C10H13NO3S/c1-10(3-4-10)7(12)8-11-5-6(15-8)9(13)14-2/h5,7,12H,3-4H2,1-2H3. The summed E-state index contributed by atoms with van der Waals surface area (Å²) < 4.78 is 4.58. The van der Waals surface area contributed by atoms with E-state index < -0.39 is 12.1 Å². The Morgan fingerprint density at radius 2 is 2.40 bits per heavy atom. The van der Waals surface area contributed by atoms with Crippen molar-refractivity contribution in [2.24, 2.45) is 5.41 Å². The predicted octanol–water partition coefficient (Wildman–Crippen LogP) is 1.76. The Morgan fingerprint density at radius 3 is 2.93 bits per heavy atom. The molecule has 1 unspecified atom stereocenters. The second-order valence-electron chi connectivity index (χ2n) is 4.11. The summed E-state index contributed by atoms with van der Waals surface area (Å²) in [5.74, 6) is -0.396. The number of hydrogen-bond acceptors (Lipinski definition) is 5. The number of thiazole rings is 1. The fourth-order valence-corrected chi connectivity index (χ4v) is 2.38. The van der Waals surface area contributed by atoms with Gasteiger partial charge in [0, 0.05) is 5.41 Å². The molecular formula is C10H13NO3S. The quantitative estimate of drug-likeness (QED) is 0.799. The molecule has 15 heavy (non-hydrogen) atoms. The Labute approximate surface area is 91.9 Å². The van der Waals surface area contributed by atoms with Crippen LogP contribution < -0.4 is 0 Å². The second-order valence-corrected chi connectivity index (χ2v) is 5.17. The normalized spacial score (nSPS) is 19.7. The van der Waals surface area contributed by atoms with Crippen LogP contribution in [-0.4, -0.2) is 23.2 Å². The summed E-state index contributed by atoms with van der Waals surface area (Å²) in [6.45, 7) is 2.02. The molecule has 1 aromatic rings. The van der Waals surface area contributed by atoms with Gasteiger partial charge in [0.2, 0.25) is 0 Å². The molecule has 1 atom stereocenters. The first-order chi connectivity index (χ1) is 7.07. The van der Waals surface area contributed by atoms with Crippen LogP contribution in [0.5, 0.6) is 0 Å². The molecule has 0 spiro atoms. The number of aliphatic hydroxyl groups is 1. The third-order valence-electron chi connectivity index (χ3n) is 2.84. The van der Waals surface area contributed by atoms with Crippen LogP contribution in [0, 0.1) is 5.41 Å². The zero-order valence-electron chi connectivity index (χ0n) is 8.69. The maximum atomic E-state index is 11.2. The smallest absolute Gasteiger partial charge is 0.349 e. The van der Waals surface area contributed by atoms with Crippen LogP contribution in [0.3, 0.4) is 0 Å². The lowest BCUT2D eigenvalue weighted by Crippen LogP contribution is -2.08. The predicted molar refractivity (Wildman–Crippen MR) is 55.8 cm³/mol. The molecule has 0 aromatic carbocycles. The molecule has 1 N–H and O–H groups in total. The molecule has 1 heterocycles. The first-order valence-electron chi connectivity index (χ1n) is 4.79. The minimum Gasteiger partial charge on any atom is -0.465 e. The largest absolute Gasteiger partial charge is 0.465 e. The van der Waals surface area contributed by atoms with E-state index >= 15 is 0 Å². The number of carbonyl (C=O) groups is 1. The Hall–Kier alpha value is -0.940. The molecule has 0 bridgehead atoms. The fraction of sp³-hybridized carbons (Fsp3) is 0.600. The summed E-state index contributed by atoms with van der Waals surface area (Å²) in [4.78, 5) is 15.7. The molecule has 4 nitrogen and oxygen atoms in total. The summed E-state index contributed by atoms with van der Waals surface area (Å²) in [6.07, 6.45) is 2.93. The zero-order chi connectivity index (χ0) is 11.1. The summed E-state index contributed by atoms with van der Waals surface area (Å²) in [7, 11) is 1.33.